The average Bonchev–Trinajstić information content (AvgIpc) is 2.86. The Bertz CT molecular complexity index is 501. The molecule has 0 fully saturated rings. The van der Waals surface area contributed by atoms with Crippen molar-refractivity contribution in [2.45, 2.75) is 66.5 Å². The van der Waals surface area contributed by atoms with Gasteiger partial charge in [-0.3, -0.25) is 9.36 Å². The summed E-state index contributed by atoms with van der Waals surface area (Å²) in [4.78, 5) is 0. The van der Waals surface area contributed by atoms with Gasteiger partial charge in [-0.15, -0.1) is 0 Å². The maximum atomic E-state index is 4.49. The summed E-state index contributed by atoms with van der Waals surface area (Å²) >= 11 is 0. The van der Waals surface area contributed by atoms with Crippen molar-refractivity contribution in [1.29, 1.82) is 0 Å². The van der Waals surface area contributed by atoms with Crippen LogP contribution in [0.25, 0.3) is 0 Å². The molecule has 0 saturated heterocycles. The molecule has 0 aromatic carbocycles. The Labute approximate surface area is 121 Å². The van der Waals surface area contributed by atoms with Crippen LogP contribution in [0, 0.1) is 27.7 Å². The van der Waals surface area contributed by atoms with Gasteiger partial charge in [0.2, 0.25) is 0 Å². The molecule has 4 heteroatoms. The summed E-state index contributed by atoms with van der Waals surface area (Å²) in [6.07, 6.45) is 4.94. The first-order valence-electron chi connectivity index (χ1n) is 7.58. The van der Waals surface area contributed by atoms with Gasteiger partial charge in [0.25, 0.3) is 0 Å². The Hall–Kier alpha value is -1.58. The van der Waals surface area contributed by atoms with Crippen LogP contribution in [0.4, 0.5) is 0 Å². The Balaban J connectivity index is 1.62. The smallest absolute Gasteiger partial charge is 0.0596 e. The third-order valence-corrected chi connectivity index (χ3v) is 3.70. The Morgan fingerprint density at radius 2 is 1.10 bits per heavy atom. The molecule has 0 saturated carbocycles. The van der Waals surface area contributed by atoms with Crippen molar-refractivity contribution in [2.75, 3.05) is 0 Å². The highest BCUT2D eigenvalue weighted by Gasteiger charge is 2.02. The minimum absolute atomic E-state index is 1.04. The number of rotatable bonds is 7. The molecule has 20 heavy (non-hydrogen) atoms. The summed E-state index contributed by atoms with van der Waals surface area (Å²) in [5.74, 6) is 0. The van der Waals surface area contributed by atoms with Crippen LogP contribution < -0.4 is 0 Å². The first-order valence-corrected chi connectivity index (χ1v) is 7.58. The van der Waals surface area contributed by atoms with Crippen LogP contribution in [0.5, 0.6) is 0 Å². The van der Waals surface area contributed by atoms with E-state index < -0.39 is 0 Å². The normalized spacial score (nSPS) is 11.2. The fourth-order valence-corrected chi connectivity index (χ4v) is 2.68. The topological polar surface area (TPSA) is 35.6 Å². The van der Waals surface area contributed by atoms with E-state index in [1.165, 1.54) is 37.1 Å². The van der Waals surface area contributed by atoms with Gasteiger partial charge in [0, 0.05) is 24.5 Å². The van der Waals surface area contributed by atoms with Crippen LogP contribution in [0.15, 0.2) is 12.1 Å². The number of hydrogen-bond donors (Lipinski definition) is 0. The van der Waals surface area contributed by atoms with E-state index in [-0.39, 0.29) is 0 Å². The maximum absolute atomic E-state index is 4.49. The third kappa shape index (κ3) is 3.95. The largest absolute Gasteiger partial charge is 0.270 e. The van der Waals surface area contributed by atoms with E-state index in [4.69, 9.17) is 0 Å². The number of unbranched alkanes of at least 4 members (excludes halogenated alkanes) is 3. The lowest BCUT2D eigenvalue weighted by Gasteiger charge is -2.06. The van der Waals surface area contributed by atoms with E-state index in [0.717, 1.165) is 24.5 Å². The van der Waals surface area contributed by atoms with Crippen molar-refractivity contribution in [3.63, 3.8) is 0 Å². The van der Waals surface area contributed by atoms with Crippen LogP contribution in [-0.2, 0) is 13.1 Å². The molecule has 0 atom stereocenters. The molecule has 4 nitrogen and oxygen atoms in total. The quantitative estimate of drug-likeness (QED) is 0.724. The minimum atomic E-state index is 1.04. The number of aromatic nitrogens is 4. The van der Waals surface area contributed by atoms with Gasteiger partial charge >= 0.3 is 0 Å². The molecular weight excluding hydrogens is 248 g/mol. The lowest BCUT2D eigenvalue weighted by atomic mass is 10.2. The van der Waals surface area contributed by atoms with E-state index in [1.54, 1.807) is 0 Å². The molecule has 2 heterocycles. The van der Waals surface area contributed by atoms with Gasteiger partial charge < -0.3 is 0 Å². The maximum Gasteiger partial charge on any atom is 0.0596 e. The number of nitrogens with zero attached hydrogens (tertiary/aromatic N) is 4. The molecule has 0 aliphatic carbocycles. The second-order valence-corrected chi connectivity index (χ2v) is 5.71. The molecule has 110 valence electrons. The van der Waals surface area contributed by atoms with Crippen LogP contribution in [0.2, 0.25) is 0 Å². The van der Waals surface area contributed by atoms with E-state index in [1.807, 2.05) is 0 Å². The molecule has 0 radical (unpaired) electrons. The zero-order chi connectivity index (χ0) is 14.5. The zero-order valence-corrected chi connectivity index (χ0v) is 13.2. The van der Waals surface area contributed by atoms with E-state index in [0.29, 0.717) is 0 Å². The second-order valence-electron chi connectivity index (χ2n) is 5.71. The highest BCUT2D eigenvalue weighted by molar-refractivity contribution is 5.07. The minimum Gasteiger partial charge on any atom is -0.270 e. The van der Waals surface area contributed by atoms with Gasteiger partial charge in [-0.05, 0) is 52.7 Å². The number of hydrogen-bond acceptors (Lipinski definition) is 2. The van der Waals surface area contributed by atoms with Gasteiger partial charge in [0.05, 0.1) is 11.4 Å². The Kier molecular flexibility index (Phi) is 4.99. The van der Waals surface area contributed by atoms with Crippen molar-refractivity contribution in [3.8, 4) is 0 Å². The van der Waals surface area contributed by atoms with Crippen molar-refractivity contribution in [1.82, 2.24) is 19.6 Å². The molecule has 0 N–H and O–H groups in total. The summed E-state index contributed by atoms with van der Waals surface area (Å²) in [5.41, 5.74) is 4.77. The van der Waals surface area contributed by atoms with Gasteiger partial charge in [-0.25, -0.2) is 0 Å². The first kappa shape index (κ1) is 14.8. The molecule has 0 aliphatic rings. The molecule has 0 unspecified atom stereocenters. The Morgan fingerprint density at radius 3 is 1.40 bits per heavy atom. The van der Waals surface area contributed by atoms with Crippen LogP contribution in [-0.4, -0.2) is 19.6 Å². The molecule has 2 aromatic heterocycles. The fraction of sp³-hybridized carbons (Fsp3) is 0.625. The highest BCUT2D eigenvalue weighted by Crippen LogP contribution is 2.08. The molecule has 0 spiro atoms. The van der Waals surface area contributed by atoms with Crippen LogP contribution in [0.3, 0.4) is 0 Å². The molecule has 0 amide bonds. The van der Waals surface area contributed by atoms with E-state index >= 15 is 0 Å². The SMILES string of the molecule is Cc1cc(C)n(CCCCCCn2nc(C)cc2C)n1. The van der Waals surface area contributed by atoms with Crippen LogP contribution in [0.1, 0.15) is 48.5 Å². The van der Waals surface area contributed by atoms with Gasteiger partial charge in [0.1, 0.15) is 0 Å². The summed E-state index contributed by atoms with van der Waals surface area (Å²) in [5, 5.41) is 8.99. The van der Waals surface area contributed by atoms with Crippen molar-refractivity contribution < 1.29 is 0 Å². The molecule has 2 aromatic rings. The lowest BCUT2D eigenvalue weighted by Crippen LogP contribution is -2.04. The lowest BCUT2D eigenvalue weighted by molar-refractivity contribution is 0.492. The van der Waals surface area contributed by atoms with Crippen molar-refractivity contribution in [3.05, 3.63) is 34.9 Å². The molecule has 2 rings (SSSR count). The molecule has 0 bridgehead atoms. The highest BCUT2D eigenvalue weighted by atomic mass is 15.3. The molecular formula is C16H26N4. The predicted molar refractivity (Wildman–Crippen MR) is 81.9 cm³/mol. The number of aryl methyl sites for hydroxylation is 6. The fourth-order valence-electron chi connectivity index (χ4n) is 2.68. The van der Waals surface area contributed by atoms with Crippen LogP contribution >= 0.6 is 0 Å². The first-order chi connectivity index (χ1) is 9.56. The average molecular weight is 274 g/mol. The molecule has 0 aliphatic heterocycles. The second kappa shape index (κ2) is 6.73. The standard InChI is InChI=1S/C16H26N4/c1-13-11-15(3)19(17-13)9-7-5-6-8-10-20-16(4)12-14(2)18-20/h11-12H,5-10H2,1-4H3. The predicted octanol–water partition coefficient (Wildman–Crippen LogP) is 3.57. The summed E-state index contributed by atoms with van der Waals surface area (Å²) < 4.78 is 4.24. The van der Waals surface area contributed by atoms with Gasteiger partial charge in [-0.1, -0.05) is 12.8 Å². The van der Waals surface area contributed by atoms with Crippen molar-refractivity contribution in [2.24, 2.45) is 0 Å². The van der Waals surface area contributed by atoms with E-state index in [2.05, 4.69) is 59.4 Å². The third-order valence-electron chi connectivity index (χ3n) is 3.70. The van der Waals surface area contributed by atoms with Crippen molar-refractivity contribution >= 4 is 0 Å². The Morgan fingerprint density at radius 1 is 0.700 bits per heavy atom. The van der Waals surface area contributed by atoms with Gasteiger partial charge in [-0.2, -0.15) is 10.2 Å². The van der Waals surface area contributed by atoms with E-state index in [9.17, 15) is 0 Å². The zero-order valence-electron chi connectivity index (χ0n) is 13.2. The summed E-state index contributed by atoms with van der Waals surface area (Å²) in [7, 11) is 0. The summed E-state index contributed by atoms with van der Waals surface area (Å²) in [6.45, 7) is 10.4. The van der Waals surface area contributed by atoms with Gasteiger partial charge in [0.15, 0.2) is 0 Å². The monoisotopic (exact) mass is 274 g/mol. The summed E-state index contributed by atoms with van der Waals surface area (Å²) in [6, 6.07) is 4.28.